The topological polar surface area (TPSA) is 89.5 Å². The Kier molecular flexibility index (Phi) is 7.64. The second-order valence-corrected chi connectivity index (χ2v) is 8.36. The first-order chi connectivity index (χ1) is 12.7. The molecule has 0 heterocycles. The molecular formula is C17H14Cl3NO5S. The maximum Gasteiger partial charge on any atom is 0.307 e. The minimum Gasteiger partial charge on any atom is -0.457 e. The van der Waals surface area contributed by atoms with Crippen LogP contribution in [0.2, 0.25) is 15.1 Å². The van der Waals surface area contributed by atoms with Gasteiger partial charge in [0.15, 0.2) is 6.61 Å². The van der Waals surface area contributed by atoms with Gasteiger partial charge >= 0.3 is 5.97 Å². The predicted molar refractivity (Wildman–Crippen MR) is 103 cm³/mol. The summed E-state index contributed by atoms with van der Waals surface area (Å²) in [5.41, 5.74) is 0.176. The Balaban J connectivity index is 1.81. The molecule has 0 aliphatic heterocycles. The third-order valence-electron chi connectivity index (χ3n) is 3.32. The third kappa shape index (κ3) is 6.48. The molecule has 144 valence electrons. The first kappa shape index (κ1) is 21.7. The summed E-state index contributed by atoms with van der Waals surface area (Å²) in [4.78, 5) is 23.7. The number of rotatable bonds is 8. The summed E-state index contributed by atoms with van der Waals surface area (Å²) in [6, 6.07) is 10.0. The van der Waals surface area contributed by atoms with Gasteiger partial charge in [0.2, 0.25) is 15.8 Å². The maximum absolute atomic E-state index is 12.1. The fourth-order valence-electron chi connectivity index (χ4n) is 2.02. The van der Waals surface area contributed by atoms with Crippen molar-refractivity contribution in [2.45, 2.75) is 11.3 Å². The minimum absolute atomic E-state index is 0.0177. The molecule has 2 aromatic rings. The van der Waals surface area contributed by atoms with Crippen LogP contribution >= 0.6 is 34.8 Å². The lowest BCUT2D eigenvalue weighted by molar-refractivity contribution is -0.142. The normalized spacial score (nSPS) is 11.2. The van der Waals surface area contributed by atoms with E-state index in [2.05, 4.69) is 4.72 Å². The number of hydrogen-bond acceptors (Lipinski definition) is 5. The fraction of sp³-hybridized carbons (Fsp3) is 0.176. The number of hydrogen-bond donors (Lipinski definition) is 1. The Hall–Kier alpha value is -1.64. The molecule has 0 amide bonds. The van der Waals surface area contributed by atoms with Gasteiger partial charge in [0.05, 0.1) is 16.3 Å². The van der Waals surface area contributed by atoms with Crippen LogP contribution < -0.4 is 4.72 Å². The van der Waals surface area contributed by atoms with Gasteiger partial charge in [-0.2, -0.15) is 0 Å². The quantitative estimate of drug-likeness (QED) is 0.489. The van der Waals surface area contributed by atoms with Gasteiger partial charge in [-0.15, -0.1) is 0 Å². The monoisotopic (exact) mass is 449 g/mol. The van der Waals surface area contributed by atoms with Gasteiger partial charge in [0, 0.05) is 22.2 Å². The summed E-state index contributed by atoms with van der Waals surface area (Å²) >= 11 is 17.4. The number of esters is 1. The molecule has 0 aromatic heterocycles. The van der Waals surface area contributed by atoms with Crippen LogP contribution in [0.25, 0.3) is 0 Å². The molecule has 27 heavy (non-hydrogen) atoms. The van der Waals surface area contributed by atoms with Crippen molar-refractivity contribution in [3.05, 3.63) is 63.1 Å². The van der Waals surface area contributed by atoms with E-state index in [-0.39, 0.29) is 33.5 Å². The zero-order valence-electron chi connectivity index (χ0n) is 13.7. The first-order valence-corrected chi connectivity index (χ1v) is 10.2. The van der Waals surface area contributed by atoms with Crippen molar-refractivity contribution in [3.63, 3.8) is 0 Å². The zero-order valence-corrected chi connectivity index (χ0v) is 16.8. The minimum atomic E-state index is -3.80. The van der Waals surface area contributed by atoms with Crippen LogP contribution in [0.4, 0.5) is 0 Å². The molecule has 0 spiro atoms. The van der Waals surface area contributed by atoms with E-state index in [0.29, 0.717) is 5.02 Å². The van der Waals surface area contributed by atoms with Crippen molar-refractivity contribution < 1.29 is 22.7 Å². The molecule has 2 aromatic carbocycles. The third-order valence-corrected chi connectivity index (χ3v) is 5.56. The predicted octanol–water partition coefficient (Wildman–Crippen LogP) is 3.74. The Morgan fingerprint density at radius 1 is 1.00 bits per heavy atom. The van der Waals surface area contributed by atoms with E-state index in [0.717, 1.165) is 0 Å². The number of sulfonamides is 1. The van der Waals surface area contributed by atoms with Crippen LogP contribution in [-0.4, -0.2) is 33.3 Å². The highest BCUT2D eigenvalue weighted by Crippen LogP contribution is 2.21. The van der Waals surface area contributed by atoms with E-state index in [1.54, 1.807) is 6.07 Å². The van der Waals surface area contributed by atoms with E-state index < -0.39 is 28.4 Å². The number of benzene rings is 2. The number of ether oxygens (including phenoxy) is 1. The number of carbonyl (C=O) groups excluding carboxylic acids is 2. The molecule has 0 bridgehead atoms. The van der Waals surface area contributed by atoms with Gasteiger partial charge in [-0.05, 0) is 36.4 Å². The van der Waals surface area contributed by atoms with Crippen LogP contribution in [-0.2, 0) is 19.6 Å². The number of carbonyl (C=O) groups is 2. The van der Waals surface area contributed by atoms with Gasteiger partial charge in [-0.25, -0.2) is 13.1 Å². The lowest BCUT2D eigenvalue weighted by atomic mass is 10.1. The molecule has 0 unspecified atom stereocenters. The molecule has 1 N–H and O–H groups in total. The van der Waals surface area contributed by atoms with Crippen molar-refractivity contribution in [2.24, 2.45) is 0 Å². The number of halogens is 3. The molecule has 0 radical (unpaired) electrons. The molecule has 2 rings (SSSR count). The molecule has 0 aliphatic carbocycles. The van der Waals surface area contributed by atoms with Crippen LogP contribution in [0.5, 0.6) is 0 Å². The highest BCUT2D eigenvalue weighted by atomic mass is 35.5. The Labute approximate surface area is 171 Å². The smallest absolute Gasteiger partial charge is 0.307 e. The summed E-state index contributed by atoms with van der Waals surface area (Å²) in [6.45, 7) is -0.704. The summed E-state index contributed by atoms with van der Waals surface area (Å²) in [6.07, 6.45) is -0.249. The average molecular weight is 451 g/mol. The molecule has 0 atom stereocenters. The second kappa shape index (κ2) is 9.52. The van der Waals surface area contributed by atoms with E-state index in [9.17, 15) is 18.0 Å². The van der Waals surface area contributed by atoms with Crippen LogP contribution in [0.15, 0.2) is 47.4 Å². The summed E-state index contributed by atoms with van der Waals surface area (Å²) in [7, 11) is -3.80. The molecule has 0 saturated carbocycles. The van der Waals surface area contributed by atoms with Gasteiger partial charge in [0.1, 0.15) is 0 Å². The van der Waals surface area contributed by atoms with Crippen LogP contribution in [0, 0.1) is 0 Å². The standard InChI is InChI=1S/C17H14Cl3NO5S/c18-11-2-1-3-13(8-11)27(24,25)21-7-6-17(23)26-10-16(22)14-5-4-12(19)9-15(14)20/h1-5,8-9,21H,6-7,10H2. The average Bonchev–Trinajstić information content (AvgIpc) is 2.59. The zero-order chi connectivity index (χ0) is 20.0. The SMILES string of the molecule is O=C(CCNS(=O)(=O)c1cccc(Cl)c1)OCC(=O)c1ccc(Cl)cc1Cl. The number of ketones is 1. The Bertz CT molecular complexity index is 963. The van der Waals surface area contributed by atoms with Gasteiger partial charge in [0.25, 0.3) is 0 Å². The summed E-state index contributed by atoms with van der Waals surface area (Å²) in [5, 5.41) is 0.801. The highest BCUT2D eigenvalue weighted by Gasteiger charge is 2.16. The van der Waals surface area contributed by atoms with Crippen molar-refractivity contribution in [3.8, 4) is 0 Å². The maximum atomic E-state index is 12.1. The van der Waals surface area contributed by atoms with Gasteiger partial charge < -0.3 is 4.74 Å². The van der Waals surface area contributed by atoms with E-state index in [1.165, 1.54) is 36.4 Å². The molecule has 0 fully saturated rings. The molecule has 6 nitrogen and oxygen atoms in total. The van der Waals surface area contributed by atoms with Crippen molar-refractivity contribution in [1.82, 2.24) is 4.72 Å². The fourth-order valence-corrected chi connectivity index (χ4v) is 3.86. The lowest BCUT2D eigenvalue weighted by Gasteiger charge is -2.08. The number of Topliss-reactive ketones (excluding diaryl/α,β-unsaturated/α-hetero) is 1. The summed E-state index contributed by atoms with van der Waals surface area (Å²) < 4.78 is 31.3. The number of nitrogens with one attached hydrogen (secondary N) is 1. The van der Waals surface area contributed by atoms with Crippen LogP contribution in [0.1, 0.15) is 16.8 Å². The molecular weight excluding hydrogens is 437 g/mol. The lowest BCUT2D eigenvalue weighted by Crippen LogP contribution is -2.27. The van der Waals surface area contributed by atoms with Crippen molar-refractivity contribution in [1.29, 1.82) is 0 Å². The highest BCUT2D eigenvalue weighted by molar-refractivity contribution is 7.89. The van der Waals surface area contributed by atoms with E-state index in [4.69, 9.17) is 39.5 Å². The molecule has 0 saturated heterocycles. The Morgan fingerprint density at radius 3 is 2.37 bits per heavy atom. The van der Waals surface area contributed by atoms with Gasteiger partial charge in [-0.1, -0.05) is 40.9 Å². The molecule has 0 aliphatic rings. The molecule has 10 heteroatoms. The van der Waals surface area contributed by atoms with Crippen molar-refractivity contribution in [2.75, 3.05) is 13.2 Å². The van der Waals surface area contributed by atoms with E-state index in [1.807, 2.05) is 0 Å². The van der Waals surface area contributed by atoms with Crippen LogP contribution in [0.3, 0.4) is 0 Å². The Morgan fingerprint density at radius 2 is 1.70 bits per heavy atom. The second-order valence-electron chi connectivity index (χ2n) is 5.31. The van der Waals surface area contributed by atoms with E-state index >= 15 is 0 Å². The van der Waals surface area contributed by atoms with Gasteiger partial charge in [-0.3, -0.25) is 9.59 Å². The first-order valence-electron chi connectivity index (χ1n) is 7.58. The van der Waals surface area contributed by atoms with Crippen molar-refractivity contribution >= 4 is 56.6 Å². The summed E-state index contributed by atoms with van der Waals surface area (Å²) in [5.74, 6) is -1.23. The largest absolute Gasteiger partial charge is 0.457 e.